The minimum Gasteiger partial charge on any atom is -0.481 e. The van der Waals surface area contributed by atoms with Crippen LogP contribution in [0.5, 0.6) is 0 Å². The van der Waals surface area contributed by atoms with E-state index in [-0.39, 0.29) is 31.4 Å². The second-order valence-electron chi connectivity index (χ2n) is 9.06. The van der Waals surface area contributed by atoms with Crippen molar-refractivity contribution < 1.29 is 24.2 Å². The van der Waals surface area contributed by atoms with Gasteiger partial charge in [0.1, 0.15) is 12.6 Å². The zero-order valence-corrected chi connectivity index (χ0v) is 18.7. The number of hydrogen-bond acceptors (Lipinski definition) is 4. The summed E-state index contributed by atoms with van der Waals surface area (Å²) in [7, 11) is 0. The van der Waals surface area contributed by atoms with E-state index < -0.39 is 23.5 Å². The molecule has 1 aliphatic rings. The molecule has 1 unspecified atom stereocenters. The van der Waals surface area contributed by atoms with Crippen molar-refractivity contribution in [2.75, 3.05) is 13.2 Å². The number of amides is 2. The number of aliphatic carboxylic acids is 1. The number of carbonyl (C=O) groups excluding carboxylic acids is 2. The second-order valence-corrected chi connectivity index (χ2v) is 9.06. The molecule has 2 amide bonds. The first-order valence-electron chi connectivity index (χ1n) is 10.8. The van der Waals surface area contributed by atoms with Crippen LogP contribution in [0.2, 0.25) is 0 Å². The summed E-state index contributed by atoms with van der Waals surface area (Å²) in [6.07, 6.45) is -0.365. The number of carbonyl (C=O) groups is 3. The molecule has 0 aromatic heterocycles. The Bertz CT molecular complexity index is 950. The SMILES string of the molecule is CC(C)(C)C(NC(=O)OCC1c2ccccc2-c2ccccc21)C(=O)NCCCC(=O)O. The average Bonchev–Trinajstić information content (AvgIpc) is 3.06. The van der Waals surface area contributed by atoms with Crippen molar-refractivity contribution in [3.8, 4) is 11.1 Å². The summed E-state index contributed by atoms with van der Waals surface area (Å²) < 4.78 is 5.56. The van der Waals surface area contributed by atoms with E-state index in [9.17, 15) is 14.4 Å². The van der Waals surface area contributed by atoms with Gasteiger partial charge in [-0.2, -0.15) is 0 Å². The van der Waals surface area contributed by atoms with Gasteiger partial charge in [0.15, 0.2) is 0 Å². The molecule has 2 aromatic rings. The summed E-state index contributed by atoms with van der Waals surface area (Å²) >= 11 is 0. The minimum absolute atomic E-state index is 0.0275. The molecule has 1 aliphatic carbocycles. The van der Waals surface area contributed by atoms with Gasteiger partial charge in [0, 0.05) is 18.9 Å². The molecule has 3 rings (SSSR count). The lowest BCUT2D eigenvalue weighted by atomic mass is 9.86. The van der Waals surface area contributed by atoms with Gasteiger partial charge in [-0.05, 0) is 34.1 Å². The van der Waals surface area contributed by atoms with Gasteiger partial charge in [-0.1, -0.05) is 69.3 Å². The van der Waals surface area contributed by atoms with E-state index in [0.29, 0.717) is 6.42 Å². The first-order valence-corrected chi connectivity index (χ1v) is 10.8. The predicted octanol–water partition coefficient (Wildman–Crippen LogP) is 3.92. The Balaban J connectivity index is 1.62. The molecule has 0 saturated heterocycles. The number of carboxylic acid groups (broad SMARTS) is 1. The van der Waals surface area contributed by atoms with Gasteiger partial charge in [0.05, 0.1) is 0 Å². The molecular weight excluding hydrogens is 408 g/mol. The van der Waals surface area contributed by atoms with E-state index in [1.165, 1.54) is 0 Å². The average molecular weight is 439 g/mol. The first kappa shape index (κ1) is 23.3. The number of fused-ring (bicyclic) bond motifs is 3. The van der Waals surface area contributed by atoms with Gasteiger partial charge in [-0.15, -0.1) is 0 Å². The number of hydrogen-bond donors (Lipinski definition) is 3. The van der Waals surface area contributed by atoms with E-state index in [2.05, 4.69) is 22.8 Å². The topological polar surface area (TPSA) is 105 Å². The normalized spacial score (nSPS) is 13.6. The molecule has 0 saturated carbocycles. The van der Waals surface area contributed by atoms with Crippen LogP contribution in [0.1, 0.15) is 50.7 Å². The van der Waals surface area contributed by atoms with Crippen LogP contribution in [0, 0.1) is 5.41 Å². The van der Waals surface area contributed by atoms with Crippen LogP contribution in [-0.4, -0.2) is 42.3 Å². The maximum absolute atomic E-state index is 12.6. The molecule has 2 aromatic carbocycles. The van der Waals surface area contributed by atoms with Gasteiger partial charge >= 0.3 is 12.1 Å². The van der Waals surface area contributed by atoms with E-state index in [1.54, 1.807) is 0 Å². The van der Waals surface area contributed by atoms with E-state index in [1.807, 2.05) is 57.2 Å². The Kier molecular flexibility index (Phi) is 7.18. The van der Waals surface area contributed by atoms with Crippen molar-refractivity contribution in [3.05, 3.63) is 59.7 Å². The third-order valence-corrected chi connectivity index (χ3v) is 5.60. The summed E-state index contributed by atoms with van der Waals surface area (Å²) in [5, 5.41) is 14.1. The van der Waals surface area contributed by atoms with Crippen molar-refractivity contribution >= 4 is 18.0 Å². The number of carboxylic acids is 1. The molecule has 0 aliphatic heterocycles. The smallest absolute Gasteiger partial charge is 0.407 e. The molecule has 170 valence electrons. The van der Waals surface area contributed by atoms with E-state index in [4.69, 9.17) is 9.84 Å². The van der Waals surface area contributed by atoms with Crippen molar-refractivity contribution in [1.29, 1.82) is 0 Å². The molecule has 0 spiro atoms. The lowest BCUT2D eigenvalue weighted by Gasteiger charge is -2.30. The summed E-state index contributed by atoms with van der Waals surface area (Å²) in [5.74, 6) is -1.34. The van der Waals surface area contributed by atoms with Crippen LogP contribution >= 0.6 is 0 Å². The molecule has 7 nitrogen and oxygen atoms in total. The molecule has 0 bridgehead atoms. The highest BCUT2D eigenvalue weighted by Crippen LogP contribution is 2.44. The molecule has 3 N–H and O–H groups in total. The van der Waals surface area contributed by atoms with Crippen molar-refractivity contribution in [2.45, 2.75) is 45.6 Å². The lowest BCUT2D eigenvalue weighted by Crippen LogP contribution is -2.54. The summed E-state index contributed by atoms with van der Waals surface area (Å²) in [6.45, 7) is 5.93. The standard InChI is InChI=1S/C25H30N2O5/c1-25(2,3)22(23(30)26-14-8-13-21(28)29)27-24(31)32-15-20-18-11-6-4-9-16(18)17-10-5-7-12-19(17)20/h4-7,9-12,20,22H,8,13-15H2,1-3H3,(H,26,30)(H,27,31)(H,28,29). The first-order chi connectivity index (χ1) is 15.2. The van der Waals surface area contributed by atoms with Crippen LogP contribution in [0.4, 0.5) is 4.79 Å². The Morgan fingerprint density at radius 3 is 2.09 bits per heavy atom. The summed E-state index contributed by atoms with van der Waals surface area (Å²) in [6, 6.07) is 15.3. The second kappa shape index (κ2) is 9.85. The molecule has 7 heteroatoms. The summed E-state index contributed by atoms with van der Waals surface area (Å²) in [4.78, 5) is 35.9. The largest absolute Gasteiger partial charge is 0.481 e. The zero-order chi connectivity index (χ0) is 23.3. The van der Waals surface area contributed by atoms with Crippen LogP contribution in [0.3, 0.4) is 0 Å². The monoisotopic (exact) mass is 438 g/mol. The van der Waals surface area contributed by atoms with E-state index in [0.717, 1.165) is 22.3 Å². The van der Waals surface area contributed by atoms with Crippen LogP contribution < -0.4 is 10.6 Å². The highest BCUT2D eigenvalue weighted by molar-refractivity contribution is 5.86. The molecule has 1 atom stereocenters. The van der Waals surface area contributed by atoms with Gasteiger partial charge in [0.25, 0.3) is 0 Å². The van der Waals surface area contributed by atoms with Crippen LogP contribution in [-0.2, 0) is 14.3 Å². The Hall–Kier alpha value is -3.35. The highest BCUT2D eigenvalue weighted by Gasteiger charge is 2.34. The molecule has 0 radical (unpaired) electrons. The fourth-order valence-electron chi connectivity index (χ4n) is 3.99. The van der Waals surface area contributed by atoms with Gasteiger partial charge in [-0.3, -0.25) is 9.59 Å². The molecule has 0 fully saturated rings. The van der Waals surface area contributed by atoms with Crippen molar-refractivity contribution in [2.24, 2.45) is 5.41 Å². The Morgan fingerprint density at radius 1 is 1.00 bits per heavy atom. The Labute approximate surface area is 188 Å². The van der Waals surface area contributed by atoms with E-state index >= 15 is 0 Å². The Morgan fingerprint density at radius 2 is 1.56 bits per heavy atom. The predicted molar refractivity (Wildman–Crippen MR) is 121 cm³/mol. The van der Waals surface area contributed by atoms with Crippen molar-refractivity contribution in [1.82, 2.24) is 10.6 Å². The van der Waals surface area contributed by atoms with Gasteiger partial charge < -0.3 is 20.5 Å². The quantitative estimate of drug-likeness (QED) is 0.542. The summed E-state index contributed by atoms with van der Waals surface area (Å²) in [5.41, 5.74) is 3.97. The maximum Gasteiger partial charge on any atom is 0.407 e. The third kappa shape index (κ3) is 5.46. The number of ether oxygens (including phenoxy) is 1. The van der Waals surface area contributed by atoms with Crippen LogP contribution in [0.25, 0.3) is 11.1 Å². The number of alkyl carbamates (subject to hydrolysis) is 1. The lowest BCUT2D eigenvalue weighted by molar-refractivity contribution is -0.137. The molecule has 0 heterocycles. The fourth-order valence-corrected chi connectivity index (χ4v) is 3.99. The fraction of sp³-hybridized carbons (Fsp3) is 0.400. The number of rotatable bonds is 8. The number of benzene rings is 2. The maximum atomic E-state index is 12.6. The minimum atomic E-state index is -0.914. The van der Waals surface area contributed by atoms with Crippen LogP contribution in [0.15, 0.2) is 48.5 Å². The highest BCUT2D eigenvalue weighted by atomic mass is 16.5. The van der Waals surface area contributed by atoms with Gasteiger partial charge in [0.2, 0.25) is 5.91 Å². The molecule has 32 heavy (non-hydrogen) atoms. The van der Waals surface area contributed by atoms with Gasteiger partial charge in [-0.25, -0.2) is 4.79 Å². The number of nitrogens with one attached hydrogen (secondary N) is 2. The van der Waals surface area contributed by atoms with Crippen molar-refractivity contribution in [3.63, 3.8) is 0 Å². The molecular formula is C25H30N2O5. The zero-order valence-electron chi connectivity index (χ0n) is 18.7. The third-order valence-electron chi connectivity index (χ3n) is 5.60.